The Balaban J connectivity index is 1.53. The van der Waals surface area contributed by atoms with Gasteiger partial charge < -0.3 is 9.47 Å². The van der Waals surface area contributed by atoms with Gasteiger partial charge in [0.25, 0.3) is 5.91 Å². The van der Waals surface area contributed by atoms with Gasteiger partial charge in [-0.1, -0.05) is 26.0 Å². The van der Waals surface area contributed by atoms with Gasteiger partial charge in [-0.3, -0.25) is 10.1 Å². The first-order valence-corrected chi connectivity index (χ1v) is 10.1. The van der Waals surface area contributed by atoms with Crippen LogP contribution in [-0.4, -0.2) is 24.6 Å². The van der Waals surface area contributed by atoms with E-state index in [-0.39, 0.29) is 12.5 Å². The van der Waals surface area contributed by atoms with Gasteiger partial charge in [-0.2, -0.15) is 0 Å². The number of thiazole rings is 1. The lowest BCUT2D eigenvalue weighted by Crippen LogP contribution is -2.20. The van der Waals surface area contributed by atoms with Gasteiger partial charge in [0, 0.05) is 10.9 Å². The molecule has 1 amide bonds. The minimum atomic E-state index is -0.235. The maximum absolute atomic E-state index is 12.2. The summed E-state index contributed by atoms with van der Waals surface area (Å²) in [7, 11) is 1.63. The Labute approximate surface area is 169 Å². The Morgan fingerprint density at radius 3 is 2.43 bits per heavy atom. The molecular formula is C22H24N2O3S. The smallest absolute Gasteiger partial charge is 0.264 e. The lowest BCUT2D eigenvalue weighted by Gasteiger charge is -2.10. The number of ether oxygens (including phenoxy) is 2. The van der Waals surface area contributed by atoms with Crippen LogP contribution in [0, 0.1) is 0 Å². The van der Waals surface area contributed by atoms with Crippen LogP contribution in [0.4, 0.5) is 5.13 Å². The summed E-state index contributed by atoms with van der Waals surface area (Å²) in [6.45, 7) is 4.30. The van der Waals surface area contributed by atoms with Gasteiger partial charge in [-0.15, -0.1) is 11.3 Å². The van der Waals surface area contributed by atoms with E-state index < -0.39 is 0 Å². The lowest BCUT2D eigenvalue weighted by molar-refractivity contribution is -0.118. The van der Waals surface area contributed by atoms with Crippen molar-refractivity contribution in [1.29, 1.82) is 0 Å². The summed E-state index contributed by atoms with van der Waals surface area (Å²) in [5.41, 5.74) is 3.05. The third-order valence-corrected chi connectivity index (χ3v) is 5.33. The molecule has 0 aliphatic heterocycles. The summed E-state index contributed by atoms with van der Waals surface area (Å²) in [5.74, 6) is 1.76. The van der Waals surface area contributed by atoms with E-state index >= 15 is 0 Å². The van der Waals surface area contributed by atoms with Crippen molar-refractivity contribution < 1.29 is 14.3 Å². The zero-order valence-corrected chi connectivity index (χ0v) is 17.1. The Bertz CT molecular complexity index is 904. The van der Waals surface area contributed by atoms with E-state index in [1.165, 1.54) is 16.9 Å². The largest absolute Gasteiger partial charge is 0.497 e. The van der Waals surface area contributed by atoms with Crippen molar-refractivity contribution in [3.8, 4) is 22.8 Å². The summed E-state index contributed by atoms with van der Waals surface area (Å²) < 4.78 is 10.7. The Morgan fingerprint density at radius 2 is 1.79 bits per heavy atom. The molecule has 28 heavy (non-hydrogen) atoms. The molecule has 146 valence electrons. The molecule has 0 bridgehead atoms. The number of nitrogens with one attached hydrogen (secondary N) is 1. The predicted molar refractivity (Wildman–Crippen MR) is 113 cm³/mol. The highest BCUT2D eigenvalue weighted by molar-refractivity contribution is 7.14. The second-order valence-corrected chi connectivity index (χ2v) is 7.34. The fraction of sp³-hybridized carbons (Fsp3) is 0.273. The minimum Gasteiger partial charge on any atom is -0.497 e. The van der Waals surface area contributed by atoms with E-state index in [9.17, 15) is 4.79 Å². The molecule has 0 saturated heterocycles. The molecule has 6 heteroatoms. The maximum Gasteiger partial charge on any atom is 0.264 e. The molecule has 0 fully saturated rings. The number of benzene rings is 2. The fourth-order valence-corrected chi connectivity index (χ4v) is 3.39. The van der Waals surface area contributed by atoms with Crippen LogP contribution in [0.3, 0.4) is 0 Å². The van der Waals surface area contributed by atoms with Gasteiger partial charge in [0.2, 0.25) is 0 Å². The normalized spacial score (nSPS) is 11.7. The first-order chi connectivity index (χ1) is 13.6. The zero-order valence-electron chi connectivity index (χ0n) is 16.3. The van der Waals surface area contributed by atoms with Crippen molar-refractivity contribution in [2.24, 2.45) is 0 Å². The standard InChI is InChI=1S/C22H24N2O3S/c1-4-15(2)16-5-11-19(12-6-16)27-13-21(25)24-22-23-20(14-28-22)17-7-9-18(26-3)10-8-17/h5-12,14-15H,4,13H2,1-3H3,(H,23,24,25). The van der Waals surface area contributed by atoms with Crippen molar-refractivity contribution in [2.45, 2.75) is 26.2 Å². The van der Waals surface area contributed by atoms with E-state index in [2.05, 4.69) is 24.1 Å². The molecule has 1 heterocycles. The SMILES string of the molecule is CCC(C)c1ccc(OCC(=O)Nc2nc(-c3ccc(OC)cc3)cs2)cc1. The Kier molecular flexibility index (Phi) is 6.66. The summed E-state index contributed by atoms with van der Waals surface area (Å²) in [6.07, 6.45) is 1.09. The second kappa shape index (κ2) is 9.37. The first-order valence-electron chi connectivity index (χ1n) is 9.21. The Morgan fingerprint density at radius 1 is 1.11 bits per heavy atom. The third-order valence-electron chi connectivity index (χ3n) is 4.57. The van der Waals surface area contributed by atoms with Gasteiger partial charge in [-0.25, -0.2) is 4.98 Å². The number of hydrogen-bond donors (Lipinski definition) is 1. The maximum atomic E-state index is 12.2. The van der Waals surface area contributed by atoms with E-state index in [4.69, 9.17) is 9.47 Å². The molecule has 1 unspecified atom stereocenters. The molecule has 0 aliphatic rings. The first kappa shape index (κ1) is 19.9. The van der Waals surface area contributed by atoms with Gasteiger partial charge >= 0.3 is 0 Å². The van der Waals surface area contributed by atoms with Gasteiger partial charge in [0.15, 0.2) is 11.7 Å². The number of amides is 1. The second-order valence-electron chi connectivity index (χ2n) is 6.48. The number of aromatic nitrogens is 1. The number of hydrogen-bond acceptors (Lipinski definition) is 5. The van der Waals surface area contributed by atoms with E-state index in [0.717, 1.165) is 23.4 Å². The molecule has 3 aromatic rings. The number of methoxy groups -OCH3 is 1. The predicted octanol–water partition coefficient (Wildman–Crippen LogP) is 5.35. The molecular weight excluding hydrogens is 372 g/mol. The number of carbonyl (C=O) groups is 1. The van der Waals surface area contributed by atoms with Crippen LogP contribution >= 0.6 is 11.3 Å². The molecule has 3 rings (SSSR count). The summed E-state index contributed by atoms with van der Waals surface area (Å²) in [6, 6.07) is 15.5. The molecule has 0 saturated carbocycles. The lowest BCUT2D eigenvalue weighted by atomic mass is 9.99. The molecule has 5 nitrogen and oxygen atoms in total. The van der Waals surface area contributed by atoms with Crippen LogP contribution < -0.4 is 14.8 Å². The zero-order chi connectivity index (χ0) is 19.9. The highest BCUT2D eigenvalue weighted by Gasteiger charge is 2.09. The van der Waals surface area contributed by atoms with Crippen molar-refractivity contribution >= 4 is 22.4 Å². The summed E-state index contributed by atoms with van der Waals surface area (Å²) >= 11 is 1.38. The van der Waals surface area contributed by atoms with Gasteiger partial charge in [0.05, 0.1) is 12.8 Å². The summed E-state index contributed by atoms with van der Waals surface area (Å²) in [4.78, 5) is 16.6. The Hall–Kier alpha value is -2.86. The van der Waals surface area contributed by atoms with E-state index in [1.54, 1.807) is 7.11 Å². The van der Waals surface area contributed by atoms with Crippen molar-refractivity contribution in [2.75, 3.05) is 19.0 Å². The number of anilines is 1. The number of carbonyl (C=O) groups excluding carboxylic acids is 1. The molecule has 0 spiro atoms. The average molecular weight is 397 g/mol. The summed E-state index contributed by atoms with van der Waals surface area (Å²) in [5, 5.41) is 5.24. The van der Waals surface area contributed by atoms with Crippen molar-refractivity contribution in [1.82, 2.24) is 4.98 Å². The average Bonchev–Trinajstić information content (AvgIpc) is 3.20. The van der Waals surface area contributed by atoms with Crippen LogP contribution in [0.1, 0.15) is 31.7 Å². The van der Waals surface area contributed by atoms with Gasteiger partial charge in [-0.05, 0) is 54.3 Å². The molecule has 1 N–H and O–H groups in total. The molecule has 1 aromatic heterocycles. The molecule has 2 aromatic carbocycles. The topological polar surface area (TPSA) is 60.5 Å². The number of rotatable bonds is 8. The van der Waals surface area contributed by atoms with E-state index in [1.807, 2.05) is 53.9 Å². The monoisotopic (exact) mass is 396 g/mol. The molecule has 0 aliphatic carbocycles. The highest BCUT2D eigenvalue weighted by Crippen LogP contribution is 2.26. The van der Waals surface area contributed by atoms with E-state index in [0.29, 0.717) is 16.8 Å². The van der Waals surface area contributed by atoms with Crippen LogP contribution in [0.15, 0.2) is 53.9 Å². The molecule has 0 radical (unpaired) electrons. The van der Waals surface area contributed by atoms with Crippen LogP contribution in [0.25, 0.3) is 11.3 Å². The fourth-order valence-electron chi connectivity index (χ4n) is 2.66. The van der Waals surface area contributed by atoms with Gasteiger partial charge in [0.1, 0.15) is 11.5 Å². The van der Waals surface area contributed by atoms with Crippen molar-refractivity contribution in [3.63, 3.8) is 0 Å². The van der Waals surface area contributed by atoms with Crippen LogP contribution in [0.5, 0.6) is 11.5 Å². The minimum absolute atomic E-state index is 0.0554. The third kappa shape index (κ3) is 5.10. The highest BCUT2D eigenvalue weighted by atomic mass is 32.1. The number of nitrogens with zero attached hydrogens (tertiary/aromatic N) is 1. The van der Waals surface area contributed by atoms with Crippen LogP contribution in [0.2, 0.25) is 0 Å². The quantitative estimate of drug-likeness (QED) is 0.558. The molecule has 1 atom stereocenters. The van der Waals surface area contributed by atoms with Crippen molar-refractivity contribution in [3.05, 3.63) is 59.5 Å². The van der Waals surface area contributed by atoms with Crippen LogP contribution in [-0.2, 0) is 4.79 Å².